The van der Waals surface area contributed by atoms with Gasteiger partial charge in [0.2, 0.25) is 10.0 Å². The molecule has 0 N–H and O–H groups in total. The molecular weight excluding hydrogens is 396 g/mol. The van der Waals surface area contributed by atoms with E-state index in [2.05, 4.69) is 0 Å². The van der Waals surface area contributed by atoms with Crippen molar-refractivity contribution in [1.29, 1.82) is 0 Å². The Morgan fingerprint density at radius 2 is 1.76 bits per heavy atom. The molecule has 0 unspecified atom stereocenters. The number of esters is 1. The van der Waals surface area contributed by atoms with Gasteiger partial charge < -0.3 is 14.4 Å². The minimum Gasteiger partial charge on any atom is -0.494 e. The van der Waals surface area contributed by atoms with Gasteiger partial charge in [-0.05, 0) is 44.4 Å². The molecule has 2 rings (SSSR count). The first kappa shape index (κ1) is 23.2. The number of rotatable bonds is 9. The third-order valence-electron chi connectivity index (χ3n) is 4.96. The van der Waals surface area contributed by atoms with Crippen molar-refractivity contribution in [1.82, 2.24) is 9.21 Å². The van der Waals surface area contributed by atoms with Crippen molar-refractivity contribution < 1.29 is 27.5 Å². The molecule has 0 aliphatic carbocycles. The molecule has 1 fully saturated rings. The van der Waals surface area contributed by atoms with E-state index in [0.717, 1.165) is 11.3 Å². The second-order valence-electron chi connectivity index (χ2n) is 7.01. The number of carbonyl (C=O) groups is 2. The van der Waals surface area contributed by atoms with Crippen molar-refractivity contribution in [3.8, 4) is 5.75 Å². The number of carbonyl (C=O) groups excluding carboxylic acids is 2. The largest absolute Gasteiger partial charge is 0.494 e. The second kappa shape index (κ2) is 10.6. The van der Waals surface area contributed by atoms with Crippen LogP contribution in [-0.2, 0) is 30.9 Å². The molecular formula is C20H30N2O6S. The average molecular weight is 427 g/mol. The lowest BCUT2D eigenvalue weighted by Crippen LogP contribution is -2.41. The fraction of sp³-hybridized carbons (Fsp3) is 0.600. The Morgan fingerprint density at radius 1 is 1.14 bits per heavy atom. The summed E-state index contributed by atoms with van der Waals surface area (Å²) in [7, 11) is -1.58. The van der Waals surface area contributed by atoms with E-state index in [-0.39, 0.29) is 24.2 Å². The Morgan fingerprint density at radius 3 is 2.31 bits per heavy atom. The molecule has 1 aliphatic rings. The standard InChI is InChI=1S/C20H30N2O6S/c1-4-27-18-8-6-16(7-9-18)14-21(3)19(23)15-28-20(24)17-10-12-22(13-11-17)29(25,26)5-2/h6-9,17H,4-5,10-15H2,1-3H3. The Kier molecular flexibility index (Phi) is 8.45. The number of sulfonamides is 1. The van der Waals surface area contributed by atoms with E-state index in [1.54, 1.807) is 14.0 Å². The van der Waals surface area contributed by atoms with Crippen molar-refractivity contribution >= 4 is 21.9 Å². The Balaban J connectivity index is 1.76. The van der Waals surface area contributed by atoms with Crippen molar-refractivity contribution in [3.05, 3.63) is 29.8 Å². The van der Waals surface area contributed by atoms with E-state index in [0.29, 0.717) is 39.1 Å². The third kappa shape index (κ3) is 6.71. The van der Waals surface area contributed by atoms with Crippen molar-refractivity contribution in [2.45, 2.75) is 33.2 Å². The molecule has 0 radical (unpaired) electrons. The van der Waals surface area contributed by atoms with Crippen LogP contribution in [-0.4, -0.2) is 68.6 Å². The molecule has 8 nitrogen and oxygen atoms in total. The highest BCUT2D eigenvalue weighted by Crippen LogP contribution is 2.21. The quantitative estimate of drug-likeness (QED) is 0.558. The minimum absolute atomic E-state index is 0.0529. The van der Waals surface area contributed by atoms with Gasteiger partial charge in [0.05, 0.1) is 18.3 Å². The first-order valence-corrected chi connectivity index (χ1v) is 11.5. The number of benzene rings is 1. The van der Waals surface area contributed by atoms with Crippen LogP contribution >= 0.6 is 0 Å². The molecule has 162 valence electrons. The summed E-state index contributed by atoms with van der Waals surface area (Å²) in [6, 6.07) is 7.47. The molecule has 0 bridgehead atoms. The molecule has 0 aromatic heterocycles. The van der Waals surface area contributed by atoms with Gasteiger partial charge in [-0.15, -0.1) is 0 Å². The summed E-state index contributed by atoms with van der Waals surface area (Å²) >= 11 is 0. The van der Waals surface area contributed by atoms with Crippen LogP contribution in [0.4, 0.5) is 0 Å². The van der Waals surface area contributed by atoms with Gasteiger partial charge in [0.15, 0.2) is 6.61 Å². The van der Waals surface area contributed by atoms with E-state index in [1.165, 1.54) is 9.21 Å². The zero-order valence-corrected chi connectivity index (χ0v) is 18.1. The summed E-state index contributed by atoms with van der Waals surface area (Å²) < 4.78 is 35.7. The van der Waals surface area contributed by atoms with Gasteiger partial charge >= 0.3 is 5.97 Å². The molecule has 0 atom stereocenters. The summed E-state index contributed by atoms with van der Waals surface area (Å²) in [6.45, 7) is 4.80. The summed E-state index contributed by atoms with van der Waals surface area (Å²) in [5.74, 6) is -0.281. The Labute approximate surface area is 172 Å². The monoisotopic (exact) mass is 426 g/mol. The lowest BCUT2D eigenvalue weighted by atomic mass is 9.98. The normalized spacial score (nSPS) is 15.7. The van der Waals surface area contributed by atoms with E-state index in [1.807, 2.05) is 31.2 Å². The van der Waals surface area contributed by atoms with Crippen molar-refractivity contribution in [2.75, 3.05) is 39.1 Å². The highest BCUT2D eigenvalue weighted by Gasteiger charge is 2.31. The fourth-order valence-corrected chi connectivity index (χ4v) is 4.27. The van der Waals surface area contributed by atoms with Crippen LogP contribution in [0.3, 0.4) is 0 Å². The van der Waals surface area contributed by atoms with E-state index in [4.69, 9.17) is 9.47 Å². The van der Waals surface area contributed by atoms with E-state index < -0.39 is 16.0 Å². The van der Waals surface area contributed by atoms with Crippen molar-refractivity contribution in [2.24, 2.45) is 5.92 Å². The number of amides is 1. The minimum atomic E-state index is -3.23. The Bertz CT molecular complexity index is 786. The van der Waals surface area contributed by atoms with Gasteiger partial charge in [-0.25, -0.2) is 12.7 Å². The zero-order valence-electron chi connectivity index (χ0n) is 17.3. The molecule has 9 heteroatoms. The van der Waals surface area contributed by atoms with Crippen LogP contribution in [0.5, 0.6) is 5.75 Å². The zero-order chi connectivity index (χ0) is 21.4. The highest BCUT2D eigenvalue weighted by molar-refractivity contribution is 7.89. The number of ether oxygens (including phenoxy) is 2. The molecule has 1 amide bonds. The SMILES string of the molecule is CCOc1ccc(CN(C)C(=O)COC(=O)C2CCN(S(=O)(=O)CC)CC2)cc1. The summed E-state index contributed by atoms with van der Waals surface area (Å²) in [5.41, 5.74) is 0.945. The number of likely N-dealkylation sites (N-methyl/N-ethyl adjacent to an activating group) is 1. The lowest BCUT2D eigenvalue weighted by molar-refractivity contribution is -0.156. The maximum atomic E-state index is 12.3. The maximum absolute atomic E-state index is 12.3. The first-order valence-electron chi connectivity index (χ1n) is 9.87. The van der Waals surface area contributed by atoms with Gasteiger partial charge in [0.1, 0.15) is 5.75 Å². The van der Waals surface area contributed by atoms with E-state index in [9.17, 15) is 18.0 Å². The maximum Gasteiger partial charge on any atom is 0.309 e. The molecule has 0 spiro atoms. The topological polar surface area (TPSA) is 93.2 Å². The summed E-state index contributed by atoms with van der Waals surface area (Å²) in [5, 5.41) is 0. The Hall–Kier alpha value is -2.13. The van der Waals surface area contributed by atoms with Gasteiger partial charge in [-0.2, -0.15) is 0 Å². The molecule has 29 heavy (non-hydrogen) atoms. The van der Waals surface area contributed by atoms with Crippen LogP contribution in [0.1, 0.15) is 32.3 Å². The average Bonchev–Trinajstić information content (AvgIpc) is 2.73. The molecule has 1 saturated heterocycles. The molecule has 1 aromatic carbocycles. The van der Waals surface area contributed by atoms with Gasteiger partial charge in [0, 0.05) is 26.7 Å². The summed E-state index contributed by atoms with van der Waals surface area (Å²) in [4.78, 5) is 26.0. The third-order valence-corrected chi connectivity index (χ3v) is 6.84. The smallest absolute Gasteiger partial charge is 0.309 e. The highest BCUT2D eigenvalue weighted by atomic mass is 32.2. The van der Waals surface area contributed by atoms with E-state index >= 15 is 0 Å². The number of hydrogen-bond acceptors (Lipinski definition) is 6. The first-order chi connectivity index (χ1) is 13.8. The second-order valence-corrected chi connectivity index (χ2v) is 9.27. The lowest BCUT2D eigenvalue weighted by Gasteiger charge is -2.29. The van der Waals surface area contributed by atoms with Crippen LogP contribution in [0.2, 0.25) is 0 Å². The summed E-state index contributed by atoms with van der Waals surface area (Å²) in [6.07, 6.45) is 0.822. The molecule has 0 saturated carbocycles. The number of nitrogens with zero attached hydrogens (tertiary/aromatic N) is 2. The van der Waals surface area contributed by atoms with Crippen LogP contribution < -0.4 is 4.74 Å². The van der Waals surface area contributed by atoms with Gasteiger partial charge in [-0.3, -0.25) is 9.59 Å². The number of piperidine rings is 1. The molecule has 1 heterocycles. The fourth-order valence-electron chi connectivity index (χ4n) is 3.13. The van der Waals surface area contributed by atoms with Crippen molar-refractivity contribution in [3.63, 3.8) is 0 Å². The molecule has 1 aromatic rings. The van der Waals surface area contributed by atoms with Crippen LogP contribution in [0.25, 0.3) is 0 Å². The van der Waals surface area contributed by atoms with Crippen LogP contribution in [0, 0.1) is 5.92 Å². The van der Waals surface area contributed by atoms with Gasteiger partial charge in [0.25, 0.3) is 5.91 Å². The van der Waals surface area contributed by atoms with Crippen LogP contribution in [0.15, 0.2) is 24.3 Å². The predicted octanol–water partition coefficient (Wildman–Crippen LogP) is 1.65. The predicted molar refractivity (Wildman–Crippen MR) is 109 cm³/mol. The number of hydrogen-bond donors (Lipinski definition) is 0. The van der Waals surface area contributed by atoms with Gasteiger partial charge in [-0.1, -0.05) is 12.1 Å². The molecule has 1 aliphatic heterocycles.